The summed E-state index contributed by atoms with van der Waals surface area (Å²) in [6.45, 7) is 2.07. The van der Waals surface area contributed by atoms with E-state index in [-0.39, 0.29) is 18.1 Å². The fourth-order valence-electron chi connectivity index (χ4n) is 2.77. The number of hydrogen-bond donors (Lipinski definition) is 1. The lowest BCUT2D eigenvalue weighted by atomic mass is 9.91. The number of carbonyl (C=O) groups is 1. The molecule has 0 bridgehead atoms. The molecule has 2 atom stereocenters. The van der Waals surface area contributed by atoms with Gasteiger partial charge >= 0.3 is 0 Å². The number of likely N-dealkylation sites (N-methyl/N-ethyl adjacent to an activating group) is 1. The summed E-state index contributed by atoms with van der Waals surface area (Å²) in [6.07, 6.45) is 3.57. The molecule has 1 aliphatic carbocycles. The number of carbonyl (C=O) groups excluding carboxylic acids is 1. The molecule has 1 fully saturated rings. The Balaban J connectivity index is 1.77. The van der Waals surface area contributed by atoms with Crippen LogP contribution < -0.4 is 0 Å². The van der Waals surface area contributed by atoms with Gasteiger partial charge in [0.25, 0.3) is 0 Å². The van der Waals surface area contributed by atoms with Crippen molar-refractivity contribution in [3.63, 3.8) is 0 Å². The number of hydrogen-bond acceptors (Lipinski definition) is 3. The van der Waals surface area contributed by atoms with Crippen LogP contribution in [0.4, 0.5) is 0 Å². The first-order valence-corrected chi connectivity index (χ1v) is 8.80. The Morgan fingerprint density at radius 1 is 1.29 bits per heavy atom. The van der Waals surface area contributed by atoms with E-state index in [4.69, 9.17) is 0 Å². The lowest BCUT2D eigenvalue weighted by Gasteiger charge is -2.35. The molecule has 1 amide bonds. The summed E-state index contributed by atoms with van der Waals surface area (Å²) in [5.74, 6) is 1.46. The summed E-state index contributed by atoms with van der Waals surface area (Å²) in [5.41, 5.74) is 2.50. The van der Waals surface area contributed by atoms with Crippen molar-refractivity contribution in [1.82, 2.24) is 4.90 Å². The van der Waals surface area contributed by atoms with Gasteiger partial charge in [-0.25, -0.2) is 0 Å². The zero-order chi connectivity index (χ0) is 15.2. The molecule has 2 unspecified atom stereocenters. The third kappa shape index (κ3) is 4.75. The summed E-state index contributed by atoms with van der Waals surface area (Å²) >= 11 is 1.64. The van der Waals surface area contributed by atoms with Crippen molar-refractivity contribution >= 4 is 17.7 Å². The molecule has 3 nitrogen and oxygen atoms in total. The highest BCUT2D eigenvalue weighted by atomic mass is 32.2. The van der Waals surface area contributed by atoms with Crippen molar-refractivity contribution < 1.29 is 9.90 Å². The Morgan fingerprint density at radius 2 is 1.95 bits per heavy atom. The van der Waals surface area contributed by atoms with Gasteiger partial charge in [-0.05, 0) is 25.3 Å². The Labute approximate surface area is 131 Å². The maximum atomic E-state index is 12.2. The van der Waals surface area contributed by atoms with Crippen LogP contribution in [0.25, 0.3) is 0 Å². The monoisotopic (exact) mass is 307 g/mol. The third-order valence-corrected chi connectivity index (χ3v) is 5.19. The van der Waals surface area contributed by atoms with E-state index in [1.54, 1.807) is 16.7 Å². The highest BCUT2D eigenvalue weighted by Crippen LogP contribution is 2.23. The van der Waals surface area contributed by atoms with E-state index in [0.29, 0.717) is 5.75 Å². The highest BCUT2D eigenvalue weighted by Gasteiger charge is 2.28. The van der Waals surface area contributed by atoms with Crippen LogP contribution in [0.15, 0.2) is 24.3 Å². The summed E-state index contributed by atoms with van der Waals surface area (Å²) in [4.78, 5) is 14.0. The topological polar surface area (TPSA) is 40.5 Å². The van der Waals surface area contributed by atoms with Gasteiger partial charge in [0.15, 0.2) is 0 Å². The van der Waals surface area contributed by atoms with E-state index >= 15 is 0 Å². The van der Waals surface area contributed by atoms with Crippen LogP contribution in [0.3, 0.4) is 0 Å². The molecular formula is C17H25NO2S. The van der Waals surface area contributed by atoms with E-state index in [1.807, 2.05) is 7.05 Å². The van der Waals surface area contributed by atoms with Gasteiger partial charge in [0.1, 0.15) is 0 Å². The molecule has 1 aromatic rings. The number of aliphatic hydroxyl groups excluding tert-OH is 1. The zero-order valence-electron chi connectivity index (χ0n) is 12.9. The first-order valence-electron chi connectivity index (χ1n) is 7.65. The summed E-state index contributed by atoms with van der Waals surface area (Å²) in [7, 11) is 1.83. The van der Waals surface area contributed by atoms with Crippen molar-refractivity contribution in [3.05, 3.63) is 35.4 Å². The maximum Gasteiger partial charge on any atom is 0.232 e. The molecular weight excluding hydrogens is 282 g/mol. The Kier molecular flexibility index (Phi) is 6.12. The first-order chi connectivity index (χ1) is 10.1. The average molecular weight is 307 g/mol. The van der Waals surface area contributed by atoms with Gasteiger partial charge in [0, 0.05) is 12.8 Å². The van der Waals surface area contributed by atoms with E-state index in [2.05, 4.69) is 31.2 Å². The largest absolute Gasteiger partial charge is 0.391 e. The molecule has 0 aromatic heterocycles. The van der Waals surface area contributed by atoms with Crippen molar-refractivity contribution in [2.24, 2.45) is 0 Å². The number of aliphatic hydroxyl groups is 1. The predicted octanol–water partition coefficient (Wildman–Crippen LogP) is 2.99. The predicted molar refractivity (Wildman–Crippen MR) is 88.4 cm³/mol. The number of amides is 1. The fourth-order valence-corrected chi connectivity index (χ4v) is 3.68. The van der Waals surface area contributed by atoms with Gasteiger partial charge in [0.2, 0.25) is 5.91 Å². The van der Waals surface area contributed by atoms with E-state index in [1.165, 1.54) is 11.1 Å². The Hall–Kier alpha value is -1.00. The second kappa shape index (κ2) is 7.85. The molecule has 2 rings (SSSR count). The van der Waals surface area contributed by atoms with Crippen molar-refractivity contribution in [1.29, 1.82) is 0 Å². The van der Waals surface area contributed by atoms with Crippen LogP contribution >= 0.6 is 11.8 Å². The van der Waals surface area contributed by atoms with Crippen LogP contribution in [-0.4, -0.2) is 40.9 Å². The summed E-state index contributed by atoms with van der Waals surface area (Å²) < 4.78 is 0. The second-order valence-electron chi connectivity index (χ2n) is 5.90. The van der Waals surface area contributed by atoms with Crippen molar-refractivity contribution in [2.75, 3.05) is 12.8 Å². The van der Waals surface area contributed by atoms with Crippen molar-refractivity contribution in [2.45, 2.75) is 50.5 Å². The lowest BCUT2D eigenvalue weighted by molar-refractivity contribution is -0.132. The molecule has 21 heavy (non-hydrogen) atoms. The summed E-state index contributed by atoms with van der Waals surface area (Å²) in [5, 5.41) is 10.0. The van der Waals surface area contributed by atoms with Crippen LogP contribution in [0.5, 0.6) is 0 Å². The Bertz CT molecular complexity index is 460. The van der Waals surface area contributed by atoms with Crippen LogP contribution in [-0.2, 0) is 10.5 Å². The fraction of sp³-hybridized carbons (Fsp3) is 0.588. The number of rotatable bonds is 5. The van der Waals surface area contributed by atoms with Gasteiger partial charge in [0.05, 0.1) is 17.9 Å². The second-order valence-corrected chi connectivity index (χ2v) is 6.89. The number of nitrogens with zero attached hydrogens (tertiary/aromatic N) is 1. The third-order valence-electron chi connectivity index (χ3n) is 4.20. The maximum absolute atomic E-state index is 12.2. The molecule has 1 N–H and O–H groups in total. The molecule has 116 valence electrons. The number of benzene rings is 1. The van der Waals surface area contributed by atoms with Gasteiger partial charge in [-0.1, -0.05) is 42.7 Å². The summed E-state index contributed by atoms with van der Waals surface area (Å²) in [6, 6.07) is 8.43. The standard InChI is InChI=1S/C17H25NO2S/c1-13-7-9-14(10-8-13)11-21-12-17(20)18(2)15-5-3-4-6-16(15)19/h7-10,15-16,19H,3-6,11-12H2,1-2H3. The molecule has 0 spiro atoms. The normalized spacial score (nSPS) is 22.0. The van der Waals surface area contributed by atoms with Gasteiger partial charge in [-0.2, -0.15) is 0 Å². The van der Waals surface area contributed by atoms with Gasteiger partial charge < -0.3 is 10.0 Å². The number of aryl methyl sites for hydroxylation is 1. The minimum absolute atomic E-state index is 0.00576. The van der Waals surface area contributed by atoms with E-state index < -0.39 is 0 Å². The van der Waals surface area contributed by atoms with Crippen LogP contribution in [0.1, 0.15) is 36.8 Å². The molecule has 0 saturated heterocycles. The van der Waals surface area contributed by atoms with Crippen LogP contribution in [0, 0.1) is 6.92 Å². The van der Waals surface area contributed by atoms with Gasteiger partial charge in [-0.3, -0.25) is 4.79 Å². The Morgan fingerprint density at radius 3 is 2.62 bits per heavy atom. The van der Waals surface area contributed by atoms with E-state index in [9.17, 15) is 9.90 Å². The van der Waals surface area contributed by atoms with Crippen molar-refractivity contribution in [3.8, 4) is 0 Å². The zero-order valence-corrected chi connectivity index (χ0v) is 13.7. The quantitative estimate of drug-likeness (QED) is 0.909. The minimum Gasteiger partial charge on any atom is -0.391 e. The average Bonchev–Trinajstić information content (AvgIpc) is 2.49. The molecule has 4 heteroatoms. The lowest BCUT2D eigenvalue weighted by Crippen LogP contribution is -2.46. The molecule has 0 heterocycles. The smallest absolute Gasteiger partial charge is 0.232 e. The van der Waals surface area contributed by atoms with Gasteiger partial charge in [-0.15, -0.1) is 11.8 Å². The number of thioether (sulfide) groups is 1. The van der Waals surface area contributed by atoms with Crippen LogP contribution in [0.2, 0.25) is 0 Å². The molecule has 1 aromatic carbocycles. The van der Waals surface area contributed by atoms with E-state index in [0.717, 1.165) is 31.4 Å². The SMILES string of the molecule is Cc1ccc(CSCC(=O)N(C)C2CCCCC2O)cc1. The first kappa shape index (κ1) is 16.4. The molecule has 1 aliphatic rings. The molecule has 0 radical (unpaired) electrons. The molecule has 0 aliphatic heterocycles. The minimum atomic E-state index is -0.352. The highest BCUT2D eigenvalue weighted by molar-refractivity contribution is 7.99. The molecule has 1 saturated carbocycles.